The Bertz CT molecular complexity index is 501. The van der Waals surface area contributed by atoms with E-state index in [9.17, 15) is 0 Å². The number of nitrogens with zero attached hydrogens (tertiary/aromatic N) is 1. The number of hydrogen-bond donors (Lipinski definition) is 0. The van der Waals surface area contributed by atoms with Crippen molar-refractivity contribution in [2.24, 2.45) is 4.99 Å². The summed E-state index contributed by atoms with van der Waals surface area (Å²) in [6.45, 7) is 2.18. The maximum Gasteiger partial charge on any atom is 0.0999 e. The van der Waals surface area contributed by atoms with Crippen LogP contribution in [-0.4, -0.2) is 6.21 Å². The van der Waals surface area contributed by atoms with Gasteiger partial charge in [-0.1, -0.05) is 80.1 Å². The third kappa shape index (κ3) is 4.20. The predicted molar refractivity (Wildman–Crippen MR) is 87.3 cm³/mol. The molecular weight excluding hydrogens is 242 g/mol. The minimum Gasteiger partial charge on any atom is -0.280 e. The minimum atomic E-state index is 0.0728. The summed E-state index contributed by atoms with van der Waals surface area (Å²) in [5, 5.41) is 0. The molecule has 0 N–H and O–H groups in total. The molecule has 1 heteroatoms. The van der Waals surface area contributed by atoms with Crippen molar-refractivity contribution < 1.29 is 0 Å². The molecule has 2 aromatic rings. The molecule has 0 aliphatic heterocycles. The summed E-state index contributed by atoms with van der Waals surface area (Å²) in [6, 6.07) is 20.9. The van der Waals surface area contributed by atoms with Crippen molar-refractivity contribution in [3.63, 3.8) is 0 Å². The summed E-state index contributed by atoms with van der Waals surface area (Å²) >= 11 is 0. The quantitative estimate of drug-likeness (QED) is 0.635. The van der Waals surface area contributed by atoms with Crippen LogP contribution in [0.5, 0.6) is 0 Å². The van der Waals surface area contributed by atoms with Gasteiger partial charge in [-0.05, 0) is 23.6 Å². The van der Waals surface area contributed by atoms with Gasteiger partial charge < -0.3 is 0 Å². The number of rotatable bonds is 6. The number of hydrogen-bond acceptors (Lipinski definition) is 1. The van der Waals surface area contributed by atoms with Gasteiger partial charge >= 0.3 is 0 Å². The predicted octanol–water partition coefficient (Wildman–Crippen LogP) is 5.20. The number of unbranched alkanes of at least 4 members (excludes halogenated alkanes) is 1. The van der Waals surface area contributed by atoms with Crippen LogP contribution in [0.3, 0.4) is 0 Å². The standard InChI is InChI=1S/C19H21N/c1-2-3-4-11-16-20-19(17-12-7-5-8-13-17)18-14-9-6-10-15-18/h4-16,19H,2-3H2,1H3/b11-4+,20-16?. The highest BCUT2D eigenvalue weighted by Crippen LogP contribution is 2.25. The molecule has 0 spiro atoms. The Hall–Kier alpha value is -2.15. The fraction of sp³-hybridized carbons (Fsp3) is 0.211. The van der Waals surface area contributed by atoms with E-state index < -0.39 is 0 Å². The van der Waals surface area contributed by atoms with E-state index in [1.54, 1.807) is 0 Å². The lowest BCUT2D eigenvalue weighted by Crippen LogP contribution is -1.97. The Morgan fingerprint density at radius 3 is 1.95 bits per heavy atom. The molecule has 0 aromatic heterocycles. The fourth-order valence-electron chi connectivity index (χ4n) is 2.09. The first-order valence-corrected chi connectivity index (χ1v) is 7.20. The van der Waals surface area contributed by atoms with E-state index in [2.05, 4.69) is 61.5 Å². The zero-order valence-electron chi connectivity index (χ0n) is 11.9. The molecule has 0 atom stereocenters. The third-order valence-electron chi connectivity index (χ3n) is 3.14. The smallest absolute Gasteiger partial charge is 0.0999 e. The largest absolute Gasteiger partial charge is 0.280 e. The fourth-order valence-corrected chi connectivity index (χ4v) is 2.09. The molecule has 1 nitrogen and oxygen atoms in total. The van der Waals surface area contributed by atoms with Crippen molar-refractivity contribution in [1.82, 2.24) is 0 Å². The van der Waals surface area contributed by atoms with E-state index in [1.165, 1.54) is 17.5 Å². The topological polar surface area (TPSA) is 12.4 Å². The van der Waals surface area contributed by atoms with Crippen LogP contribution < -0.4 is 0 Å². The molecule has 0 heterocycles. The minimum absolute atomic E-state index is 0.0728. The lowest BCUT2D eigenvalue weighted by atomic mass is 9.99. The SMILES string of the molecule is CCC/C=C/C=NC(c1ccccc1)c1ccccc1. The molecule has 0 radical (unpaired) electrons. The van der Waals surface area contributed by atoms with E-state index in [-0.39, 0.29) is 6.04 Å². The molecule has 0 saturated heterocycles. The highest BCUT2D eigenvalue weighted by atomic mass is 14.8. The van der Waals surface area contributed by atoms with Gasteiger partial charge in [0.05, 0.1) is 6.04 Å². The van der Waals surface area contributed by atoms with Crippen molar-refractivity contribution in [3.05, 3.63) is 83.9 Å². The van der Waals surface area contributed by atoms with E-state index >= 15 is 0 Å². The third-order valence-corrected chi connectivity index (χ3v) is 3.14. The Balaban J connectivity index is 2.22. The Kier molecular flexibility index (Phi) is 5.78. The Morgan fingerprint density at radius 1 is 0.900 bits per heavy atom. The average molecular weight is 263 g/mol. The average Bonchev–Trinajstić information content (AvgIpc) is 2.53. The summed E-state index contributed by atoms with van der Waals surface area (Å²) in [5.74, 6) is 0. The molecule has 0 bridgehead atoms. The monoisotopic (exact) mass is 263 g/mol. The summed E-state index contributed by atoms with van der Waals surface area (Å²) in [6.07, 6.45) is 8.40. The highest BCUT2D eigenvalue weighted by molar-refractivity contribution is 5.71. The van der Waals surface area contributed by atoms with Crippen LogP contribution in [0.4, 0.5) is 0 Å². The second-order valence-corrected chi connectivity index (χ2v) is 4.74. The van der Waals surface area contributed by atoms with E-state index in [0.717, 1.165) is 6.42 Å². The summed E-state index contributed by atoms with van der Waals surface area (Å²) in [7, 11) is 0. The molecular formula is C19H21N. The van der Waals surface area contributed by atoms with Crippen molar-refractivity contribution in [2.45, 2.75) is 25.8 Å². The number of benzene rings is 2. The maximum atomic E-state index is 4.72. The lowest BCUT2D eigenvalue weighted by Gasteiger charge is -2.12. The molecule has 0 saturated carbocycles. The van der Waals surface area contributed by atoms with E-state index in [4.69, 9.17) is 4.99 Å². The van der Waals surface area contributed by atoms with Gasteiger partial charge in [0.15, 0.2) is 0 Å². The van der Waals surface area contributed by atoms with Gasteiger partial charge in [0.2, 0.25) is 0 Å². The maximum absolute atomic E-state index is 4.72. The van der Waals surface area contributed by atoms with Crippen LogP contribution in [-0.2, 0) is 0 Å². The van der Waals surface area contributed by atoms with Gasteiger partial charge in [-0.15, -0.1) is 0 Å². The normalized spacial score (nSPS) is 11.7. The van der Waals surface area contributed by atoms with Crippen molar-refractivity contribution in [3.8, 4) is 0 Å². The highest BCUT2D eigenvalue weighted by Gasteiger charge is 2.10. The molecule has 102 valence electrons. The van der Waals surface area contributed by atoms with E-state index in [0.29, 0.717) is 0 Å². The zero-order chi connectivity index (χ0) is 14.0. The van der Waals surface area contributed by atoms with Crippen molar-refractivity contribution in [1.29, 1.82) is 0 Å². The van der Waals surface area contributed by atoms with E-state index in [1.807, 2.05) is 24.4 Å². The second kappa shape index (κ2) is 8.11. The first-order chi connectivity index (χ1) is 9.92. The van der Waals surface area contributed by atoms with Gasteiger partial charge in [-0.25, -0.2) is 0 Å². The molecule has 0 unspecified atom stereocenters. The molecule has 2 aromatic carbocycles. The molecule has 0 aliphatic carbocycles. The lowest BCUT2D eigenvalue weighted by molar-refractivity contribution is 0.878. The van der Waals surface area contributed by atoms with Gasteiger partial charge in [0.1, 0.15) is 0 Å². The van der Waals surface area contributed by atoms with Crippen molar-refractivity contribution in [2.75, 3.05) is 0 Å². The van der Waals surface area contributed by atoms with Crippen LogP contribution in [0.2, 0.25) is 0 Å². The molecule has 0 fully saturated rings. The van der Waals surface area contributed by atoms with Crippen LogP contribution >= 0.6 is 0 Å². The number of allylic oxidation sites excluding steroid dienone is 2. The first-order valence-electron chi connectivity index (χ1n) is 7.20. The second-order valence-electron chi connectivity index (χ2n) is 4.74. The summed E-state index contributed by atoms with van der Waals surface area (Å²) in [4.78, 5) is 4.72. The summed E-state index contributed by atoms with van der Waals surface area (Å²) in [5.41, 5.74) is 2.44. The Morgan fingerprint density at radius 2 is 1.45 bits per heavy atom. The van der Waals surface area contributed by atoms with Crippen LogP contribution in [0.15, 0.2) is 77.8 Å². The zero-order valence-corrected chi connectivity index (χ0v) is 11.9. The van der Waals surface area contributed by atoms with Gasteiger partial charge in [0.25, 0.3) is 0 Å². The Labute approximate surface area is 121 Å². The van der Waals surface area contributed by atoms with Gasteiger partial charge in [-0.2, -0.15) is 0 Å². The van der Waals surface area contributed by atoms with Gasteiger partial charge in [0, 0.05) is 6.21 Å². The molecule has 0 amide bonds. The molecule has 0 aliphatic rings. The van der Waals surface area contributed by atoms with Crippen LogP contribution in [0.1, 0.15) is 36.9 Å². The van der Waals surface area contributed by atoms with Crippen LogP contribution in [0, 0.1) is 0 Å². The molecule has 20 heavy (non-hydrogen) atoms. The summed E-state index contributed by atoms with van der Waals surface area (Å²) < 4.78 is 0. The first kappa shape index (κ1) is 14.3. The van der Waals surface area contributed by atoms with Crippen molar-refractivity contribution >= 4 is 6.21 Å². The van der Waals surface area contributed by atoms with Crippen LogP contribution in [0.25, 0.3) is 0 Å². The number of aliphatic imine (C=N–C) groups is 1. The molecule has 2 rings (SSSR count). The van der Waals surface area contributed by atoms with Gasteiger partial charge in [-0.3, -0.25) is 4.99 Å².